The zero-order valence-corrected chi connectivity index (χ0v) is 21.0. The number of nitrogens with one attached hydrogen (secondary N) is 1. The lowest BCUT2D eigenvalue weighted by Crippen LogP contribution is -2.33. The SMILES string of the molecule is NCCCCCCNc1nc(SCc2ccc([N+](=O)[O-])cc2)c2ncn([C@@H]3O[C@H](CO)[C@@H](O)[C@H]3O)c2n1. The van der Waals surface area contributed by atoms with Gasteiger partial charge in [-0.2, -0.15) is 4.98 Å². The minimum absolute atomic E-state index is 0.0216. The number of thioether (sulfide) groups is 1. The van der Waals surface area contributed by atoms with Crippen LogP contribution in [0.25, 0.3) is 11.2 Å². The molecule has 0 spiro atoms. The average molecular weight is 534 g/mol. The van der Waals surface area contributed by atoms with Crippen LogP contribution >= 0.6 is 11.8 Å². The molecule has 0 radical (unpaired) electrons. The predicted molar refractivity (Wildman–Crippen MR) is 137 cm³/mol. The van der Waals surface area contributed by atoms with Crippen molar-refractivity contribution < 1.29 is 25.0 Å². The van der Waals surface area contributed by atoms with Gasteiger partial charge in [0.2, 0.25) is 5.95 Å². The van der Waals surface area contributed by atoms with Crippen LogP contribution in [0, 0.1) is 10.1 Å². The van der Waals surface area contributed by atoms with Gasteiger partial charge < -0.3 is 31.1 Å². The quantitative estimate of drug-likeness (QED) is 0.0700. The predicted octanol–water partition coefficient (Wildman–Crippen LogP) is 1.57. The molecule has 1 fully saturated rings. The molecule has 14 heteroatoms. The van der Waals surface area contributed by atoms with Gasteiger partial charge in [-0.15, -0.1) is 0 Å². The summed E-state index contributed by atoms with van der Waals surface area (Å²) in [4.78, 5) is 24.2. The molecule has 0 unspecified atom stereocenters. The number of benzene rings is 1. The molecule has 13 nitrogen and oxygen atoms in total. The first-order chi connectivity index (χ1) is 17.9. The minimum Gasteiger partial charge on any atom is -0.394 e. The molecule has 1 saturated heterocycles. The third kappa shape index (κ3) is 6.34. The van der Waals surface area contributed by atoms with Crippen LogP contribution in [0.1, 0.15) is 37.5 Å². The lowest BCUT2D eigenvalue weighted by Gasteiger charge is -2.17. The van der Waals surface area contributed by atoms with Crippen LogP contribution in [-0.4, -0.2) is 77.8 Å². The Balaban J connectivity index is 1.58. The summed E-state index contributed by atoms with van der Waals surface area (Å²) in [6.45, 7) is 0.891. The molecule has 0 aliphatic carbocycles. The number of non-ortho nitro benzene ring substituents is 1. The normalized spacial score (nSPS) is 21.5. The highest BCUT2D eigenvalue weighted by Crippen LogP contribution is 2.34. The molecule has 37 heavy (non-hydrogen) atoms. The second-order valence-electron chi connectivity index (χ2n) is 8.75. The van der Waals surface area contributed by atoms with Crippen molar-refractivity contribution in [1.82, 2.24) is 19.5 Å². The summed E-state index contributed by atoms with van der Waals surface area (Å²) in [6, 6.07) is 6.31. The second-order valence-corrected chi connectivity index (χ2v) is 9.71. The number of nitro groups is 1. The van der Waals surface area contributed by atoms with E-state index in [0.29, 0.717) is 41.0 Å². The van der Waals surface area contributed by atoms with Crippen LogP contribution in [0.15, 0.2) is 35.6 Å². The van der Waals surface area contributed by atoms with Crippen molar-refractivity contribution in [3.63, 3.8) is 0 Å². The van der Waals surface area contributed by atoms with E-state index in [4.69, 9.17) is 10.5 Å². The van der Waals surface area contributed by atoms with Gasteiger partial charge in [-0.1, -0.05) is 36.7 Å². The lowest BCUT2D eigenvalue weighted by atomic mass is 10.1. The fourth-order valence-electron chi connectivity index (χ4n) is 4.06. The maximum Gasteiger partial charge on any atom is 0.269 e. The molecular weight excluding hydrogens is 502 g/mol. The van der Waals surface area contributed by atoms with E-state index >= 15 is 0 Å². The monoisotopic (exact) mass is 533 g/mol. The second kappa shape index (κ2) is 12.6. The minimum atomic E-state index is -1.28. The summed E-state index contributed by atoms with van der Waals surface area (Å²) in [5, 5.41) is 45.0. The molecule has 1 aromatic carbocycles. The first-order valence-electron chi connectivity index (χ1n) is 12.1. The van der Waals surface area contributed by atoms with Crippen molar-refractivity contribution in [1.29, 1.82) is 0 Å². The number of aliphatic hydroxyl groups is 3. The number of aliphatic hydroxyl groups excluding tert-OH is 3. The van der Waals surface area contributed by atoms with Crippen molar-refractivity contribution in [3.8, 4) is 0 Å². The molecule has 1 aliphatic rings. The molecule has 200 valence electrons. The van der Waals surface area contributed by atoms with Gasteiger partial charge in [0.05, 0.1) is 17.9 Å². The maximum absolute atomic E-state index is 10.9. The highest BCUT2D eigenvalue weighted by Gasteiger charge is 2.44. The molecule has 4 rings (SSSR count). The van der Waals surface area contributed by atoms with Gasteiger partial charge in [0.25, 0.3) is 5.69 Å². The summed E-state index contributed by atoms with van der Waals surface area (Å²) in [7, 11) is 0. The largest absolute Gasteiger partial charge is 0.394 e. The Hall–Kier alpha value is -2.88. The van der Waals surface area contributed by atoms with E-state index in [-0.39, 0.29) is 5.69 Å². The van der Waals surface area contributed by atoms with Crippen molar-refractivity contribution in [3.05, 3.63) is 46.3 Å². The highest BCUT2D eigenvalue weighted by atomic mass is 32.2. The number of anilines is 1. The molecule has 3 heterocycles. The van der Waals surface area contributed by atoms with Gasteiger partial charge in [-0.25, -0.2) is 9.97 Å². The van der Waals surface area contributed by atoms with E-state index in [1.54, 1.807) is 12.1 Å². The number of hydrogen-bond acceptors (Lipinski definition) is 12. The van der Waals surface area contributed by atoms with Crippen molar-refractivity contribution >= 4 is 34.6 Å². The standard InChI is InChI=1S/C23H31N7O6S/c24-9-3-1-2-4-10-25-23-27-20-17(26-13-29(20)22-19(33)18(32)16(11-31)36-22)21(28-23)37-12-14-5-7-15(8-6-14)30(34)35/h5-8,13,16,18-19,22,31-33H,1-4,9-12,24H2,(H,25,27,28)/t16-,18-,19-,22-/m1/s1. The molecule has 3 aromatic rings. The summed E-state index contributed by atoms with van der Waals surface area (Å²) >= 11 is 1.40. The number of unbranched alkanes of at least 4 members (excludes halogenated alkanes) is 3. The number of nitrogens with two attached hydrogens (primary N) is 1. The van der Waals surface area contributed by atoms with Crippen LogP contribution in [0.2, 0.25) is 0 Å². The van der Waals surface area contributed by atoms with Crippen LogP contribution in [0.4, 0.5) is 11.6 Å². The summed E-state index contributed by atoms with van der Waals surface area (Å²) in [5.74, 6) is 0.870. The fourth-order valence-corrected chi connectivity index (χ4v) is 4.98. The Labute approximate surface area is 217 Å². The van der Waals surface area contributed by atoms with E-state index in [1.165, 1.54) is 34.8 Å². The zero-order chi connectivity index (χ0) is 26.4. The van der Waals surface area contributed by atoms with Crippen molar-refractivity contribution in [2.45, 2.75) is 61.0 Å². The summed E-state index contributed by atoms with van der Waals surface area (Å²) in [6.07, 6.45) is 0.991. The lowest BCUT2D eigenvalue weighted by molar-refractivity contribution is -0.384. The van der Waals surface area contributed by atoms with Gasteiger partial charge in [0.15, 0.2) is 11.9 Å². The van der Waals surface area contributed by atoms with E-state index in [1.807, 2.05) is 0 Å². The Kier molecular flexibility index (Phi) is 9.23. The third-order valence-corrected chi connectivity index (χ3v) is 7.15. The number of nitro benzene ring substituents is 1. The Morgan fingerprint density at radius 1 is 1.14 bits per heavy atom. The number of ether oxygens (including phenoxy) is 1. The van der Waals surface area contributed by atoms with Crippen molar-refractivity contribution in [2.75, 3.05) is 25.0 Å². The van der Waals surface area contributed by atoms with E-state index in [9.17, 15) is 25.4 Å². The van der Waals surface area contributed by atoms with Crippen LogP contribution in [0.3, 0.4) is 0 Å². The van der Waals surface area contributed by atoms with E-state index < -0.39 is 36.1 Å². The van der Waals surface area contributed by atoms with Crippen LogP contribution in [0.5, 0.6) is 0 Å². The van der Waals surface area contributed by atoms with E-state index in [0.717, 1.165) is 31.2 Å². The third-order valence-electron chi connectivity index (χ3n) is 6.12. The molecule has 0 bridgehead atoms. The number of hydrogen-bond donors (Lipinski definition) is 5. The smallest absolute Gasteiger partial charge is 0.269 e. The van der Waals surface area contributed by atoms with Gasteiger partial charge in [0, 0.05) is 24.4 Å². The number of nitrogens with zero attached hydrogens (tertiary/aromatic N) is 5. The maximum atomic E-state index is 10.9. The Morgan fingerprint density at radius 3 is 2.57 bits per heavy atom. The number of rotatable bonds is 13. The topological polar surface area (TPSA) is 195 Å². The first-order valence-corrected chi connectivity index (χ1v) is 13.1. The van der Waals surface area contributed by atoms with Gasteiger partial charge in [-0.3, -0.25) is 14.7 Å². The highest BCUT2D eigenvalue weighted by molar-refractivity contribution is 7.98. The average Bonchev–Trinajstić information content (AvgIpc) is 3.45. The molecule has 1 aliphatic heterocycles. The van der Waals surface area contributed by atoms with Gasteiger partial charge in [-0.05, 0) is 24.9 Å². The number of fused-ring (bicyclic) bond motifs is 1. The van der Waals surface area contributed by atoms with Crippen LogP contribution < -0.4 is 11.1 Å². The van der Waals surface area contributed by atoms with Gasteiger partial charge >= 0.3 is 0 Å². The number of imidazole rings is 1. The van der Waals surface area contributed by atoms with E-state index in [2.05, 4.69) is 20.3 Å². The molecular formula is C23H31N7O6S. The molecule has 4 atom stereocenters. The molecule has 0 saturated carbocycles. The van der Waals surface area contributed by atoms with Crippen LogP contribution in [-0.2, 0) is 10.5 Å². The molecule has 6 N–H and O–H groups in total. The number of aromatic nitrogens is 4. The molecule has 0 amide bonds. The molecule has 2 aromatic heterocycles. The Morgan fingerprint density at radius 2 is 1.89 bits per heavy atom. The summed E-state index contributed by atoms with van der Waals surface area (Å²) in [5.41, 5.74) is 7.34. The zero-order valence-electron chi connectivity index (χ0n) is 20.1. The first kappa shape index (κ1) is 27.2. The van der Waals surface area contributed by atoms with Crippen molar-refractivity contribution in [2.24, 2.45) is 5.73 Å². The fraction of sp³-hybridized carbons (Fsp3) is 0.522. The summed E-state index contributed by atoms with van der Waals surface area (Å²) < 4.78 is 7.21. The Bertz CT molecular complexity index is 1190. The van der Waals surface area contributed by atoms with Gasteiger partial charge in [0.1, 0.15) is 28.9 Å².